The van der Waals surface area contributed by atoms with E-state index in [-0.39, 0.29) is 17.4 Å². The van der Waals surface area contributed by atoms with Crippen LogP contribution in [0.25, 0.3) is 0 Å². The molecule has 4 nitrogen and oxygen atoms in total. The maximum absolute atomic E-state index is 12.1. The molecule has 0 saturated carbocycles. The molecule has 1 aromatic rings. The summed E-state index contributed by atoms with van der Waals surface area (Å²) in [4.78, 5) is 16.2. The van der Waals surface area contributed by atoms with Crippen molar-refractivity contribution in [1.82, 2.24) is 10.3 Å². The van der Waals surface area contributed by atoms with Gasteiger partial charge in [0.25, 0.3) is 5.91 Å². The van der Waals surface area contributed by atoms with Crippen LogP contribution in [0.15, 0.2) is 18.3 Å². The van der Waals surface area contributed by atoms with Crippen LogP contribution in [0.4, 0.5) is 0 Å². The summed E-state index contributed by atoms with van der Waals surface area (Å²) in [6, 6.07) is 3.59. The number of nitrogens with two attached hydrogens (primary N) is 1. The molecule has 1 unspecified atom stereocenters. The van der Waals surface area contributed by atoms with E-state index in [0.717, 1.165) is 12.1 Å². The van der Waals surface area contributed by atoms with Crippen LogP contribution in [0.3, 0.4) is 0 Å². The SMILES string of the molecule is Cc1cc(C(=O)NC(CCN)C(C)(C)C)ccn1. The van der Waals surface area contributed by atoms with Crippen LogP contribution in [0.1, 0.15) is 43.2 Å². The van der Waals surface area contributed by atoms with Gasteiger partial charge in [-0.2, -0.15) is 0 Å². The Morgan fingerprint density at radius 1 is 1.50 bits per heavy atom. The largest absolute Gasteiger partial charge is 0.349 e. The van der Waals surface area contributed by atoms with Crippen LogP contribution in [-0.4, -0.2) is 23.5 Å². The van der Waals surface area contributed by atoms with Gasteiger partial charge in [0.2, 0.25) is 0 Å². The lowest BCUT2D eigenvalue weighted by atomic mass is 9.84. The van der Waals surface area contributed by atoms with E-state index in [1.807, 2.05) is 6.92 Å². The molecule has 0 spiro atoms. The van der Waals surface area contributed by atoms with Gasteiger partial charge in [-0.1, -0.05) is 20.8 Å². The van der Waals surface area contributed by atoms with Crippen molar-refractivity contribution < 1.29 is 4.79 Å². The van der Waals surface area contributed by atoms with E-state index in [0.29, 0.717) is 12.1 Å². The number of nitrogens with one attached hydrogen (secondary N) is 1. The van der Waals surface area contributed by atoms with Gasteiger partial charge < -0.3 is 11.1 Å². The number of hydrogen-bond donors (Lipinski definition) is 2. The molecule has 0 aliphatic heterocycles. The van der Waals surface area contributed by atoms with Gasteiger partial charge in [0.05, 0.1) is 0 Å². The van der Waals surface area contributed by atoms with E-state index in [1.165, 1.54) is 0 Å². The molecular formula is C14H23N3O. The predicted octanol–water partition coefficient (Wildman–Crippen LogP) is 1.88. The lowest BCUT2D eigenvalue weighted by Gasteiger charge is -2.31. The fraction of sp³-hybridized carbons (Fsp3) is 0.571. The van der Waals surface area contributed by atoms with Crippen LogP contribution < -0.4 is 11.1 Å². The molecular weight excluding hydrogens is 226 g/mol. The summed E-state index contributed by atoms with van der Waals surface area (Å²) < 4.78 is 0. The van der Waals surface area contributed by atoms with E-state index in [9.17, 15) is 4.79 Å². The Morgan fingerprint density at radius 2 is 2.17 bits per heavy atom. The van der Waals surface area contributed by atoms with Gasteiger partial charge in [-0.05, 0) is 37.4 Å². The zero-order valence-electron chi connectivity index (χ0n) is 11.7. The maximum Gasteiger partial charge on any atom is 0.251 e. The Balaban J connectivity index is 2.79. The summed E-state index contributed by atoms with van der Waals surface area (Å²) in [5.74, 6) is -0.0612. The average molecular weight is 249 g/mol. The minimum Gasteiger partial charge on any atom is -0.349 e. The zero-order chi connectivity index (χ0) is 13.8. The number of aromatic nitrogens is 1. The smallest absolute Gasteiger partial charge is 0.251 e. The summed E-state index contributed by atoms with van der Waals surface area (Å²) >= 11 is 0. The van der Waals surface area contributed by atoms with E-state index in [4.69, 9.17) is 5.73 Å². The number of carbonyl (C=O) groups is 1. The lowest BCUT2D eigenvalue weighted by molar-refractivity contribution is 0.0898. The average Bonchev–Trinajstić information content (AvgIpc) is 2.27. The Labute approximate surface area is 109 Å². The Hall–Kier alpha value is -1.42. The van der Waals surface area contributed by atoms with E-state index < -0.39 is 0 Å². The minimum absolute atomic E-state index is 0.00287. The zero-order valence-corrected chi connectivity index (χ0v) is 11.7. The molecule has 0 radical (unpaired) electrons. The van der Waals surface area contributed by atoms with Gasteiger partial charge >= 0.3 is 0 Å². The molecule has 3 N–H and O–H groups in total. The van der Waals surface area contributed by atoms with E-state index in [2.05, 4.69) is 31.1 Å². The molecule has 1 rings (SSSR count). The highest BCUT2D eigenvalue weighted by Gasteiger charge is 2.25. The lowest BCUT2D eigenvalue weighted by Crippen LogP contribution is -2.44. The van der Waals surface area contributed by atoms with Crippen molar-refractivity contribution >= 4 is 5.91 Å². The summed E-state index contributed by atoms with van der Waals surface area (Å²) in [7, 11) is 0. The second-order valence-corrected chi connectivity index (χ2v) is 5.66. The molecule has 1 atom stereocenters. The third-order valence-corrected chi connectivity index (χ3v) is 2.96. The molecule has 0 bridgehead atoms. The number of nitrogens with zero attached hydrogens (tertiary/aromatic N) is 1. The second-order valence-electron chi connectivity index (χ2n) is 5.66. The molecule has 18 heavy (non-hydrogen) atoms. The topological polar surface area (TPSA) is 68.0 Å². The molecule has 0 aliphatic rings. The first-order valence-electron chi connectivity index (χ1n) is 6.28. The number of pyridine rings is 1. The highest BCUT2D eigenvalue weighted by Crippen LogP contribution is 2.21. The molecule has 1 heterocycles. The first kappa shape index (κ1) is 14.6. The Morgan fingerprint density at radius 3 is 2.67 bits per heavy atom. The van der Waals surface area contributed by atoms with Crippen molar-refractivity contribution in [2.24, 2.45) is 11.1 Å². The van der Waals surface area contributed by atoms with Gasteiger partial charge in [-0.25, -0.2) is 0 Å². The third-order valence-electron chi connectivity index (χ3n) is 2.96. The maximum atomic E-state index is 12.1. The number of carbonyl (C=O) groups excluding carboxylic acids is 1. The van der Waals surface area contributed by atoms with Gasteiger partial charge in [0, 0.05) is 23.5 Å². The minimum atomic E-state index is -0.0612. The fourth-order valence-corrected chi connectivity index (χ4v) is 1.82. The van der Waals surface area contributed by atoms with Crippen molar-refractivity contribution in [3.05, 3.63) is 29.6 Å². The van der Waals surface area contributed by atoms with Gasteiger partial charge in [0.1, 0.15) is 0 Å². The number of rotatable bonds is 4. The van der Waals surface area contributed by atoms with Gasteiger partial charge in [0.15, 0.2) is 0 Å². The molecule has 0 fully saturated rings. The van der Waals surface area contributed by atoms with Crippen molar-refractivity contribution in [1.29, 1.82) is 0 Å². The highest BCUT2D eigenvalue weighted by atomic mass is 16.1. The standard InChI is InChI=1S/C14H23N3O/c1-10-9-11(6-8-16-10)13(18)17-12(5-7-15)14(2,3)4/h6,8-9,12H,5,7,15H2,1-4H3,(H,17,18). The fourth-order valence-electron chi connectivity index (χ4n) is 1.82. The van der Waals surface area contributed by atoms with Crippen LogP contribution in [-0.2, 0) is 0 Å². The predicted molar refractivity (Wildman–Crippen MR) is 73.4 cm³/mol. The quantitative estimate of drug-likeness (QED) is 0.856. The molecule has 1 aromatic heterocycles. The molecule has 0 aliphatic carbocycles. The van der Waals surface area contributed by atoms with Crippen molar-refractivity contribution in [3.8, 4) is 0 Å². The normalized spacial score (nSPS) is 13.2. The molecule has 0 aromatic carbocycles. The Bertz CT molecular complexity index is 410. The van der Waals surface area contributed by atoms with Crippen LogP contribution in [0.5, 0.6) is 0 Å². The third kappa shape index (κ3) is 4.11. The molecule has 4 heteroatoms. The first-order chi connectivity index (χ1) is 8.34. The number of aryl methyl sites for hydroxylation is 1. The van der Waals surface area contributed by atoms with Crippen LogP contribution >= 0.6 is 0 Å². The molecule has 0 saturated heterocycles. The first-order valence-corrected chi connectivity index (χ1v) is 6.28. The monoisotopic (exact) mass is 249 g/mol. The summed E-state index contributed by atoms with van der Waals surface area (Å²) in [6.07, 6.45) is 2.43. The summed E-state index contributed by atoms with van der Waals surface area (Å²) in [6.45, 7) is 8.75. The van der Waals surface area contributed by atoms with Crippen molar-refractivity contribution in [3.63, 3.8) is 0 Å². The molecule has 100 valence electrons. The second kappa shape index (κ2) is 5.96. The number of hydrogen-bond acceptors (Lipinski definition) is 3. The number of amides is 1. The van der Waals surface area contributed by atoms with E-state index >= 15 is 0 Å². The summed E-state index contributed by atoms with van der Waals surface area (Å²) in [5.41, 5.74) is 7.09. The van der Waals surface area contributed by atoms with E-state index in [1.54, 1.807) is 18.3 Å². The van der Waals surface area contributed by atoms with Gasteiger partial charge in [-0.15, -0.1) is 0 Å². The highest BCUT2D eigenvalue weighted by molar-refractivity contribution is 5.94. The Kier molecular flexibility index (Phi) is 4.84. The van der Waals surface area contributed by atoms with Crippen molar-refractivity contribution in [2.75, 3.05) is 6.54 Å². The van der Waals surface area contributed by atoms with Gasteiger partial charge in [-0.3, -0.25) is 9.78 Å². The summed E-state index contributed by atoms with van der Waals surface area (Å²) in [5, 5.41) is 3.05. The molecule has 1 amide bonds. The van der Waals surface area contributed by atoms with Crippen LogP contribution in [0, 0.1) is 12.3 Å². The van der Waals surface area contributed by atoms with Crippen LogP contribution in [0.2, 0.25) is 0 Å². The van der Waals surface area contributed by atoms with Crippen molar-refractivity contribution in [2.45, 2.75) is 40.2 Å².